The second-order valence-electron chi connectivity index (χ2n) is 11.5. The molecule has 0 N–H and O–H groups in total. The maximum atomic E-state index is 12.4. The Morgan fingerprint density at radius 2 is 1.70 bits per heavy atom. The molecule has 7 atom stereocenters. The van der Waals surface area contributed by atoms with Crippen molar-refractivity contribution in [3.63, 3.8) is 0 Å². The van der Waals surface area contributed by atoms with Gasteiger partial charge in [-0.3, -0.25) is 4.79 Å². The molecule has 1 amide bonds. The Morgan fingerprint density at radius 3 is 2.47 bits per heavy atom. The molecule has 3 aliphatic carbocycles. The quantitative estimate of drug-likeness (QED) is 0.545. The smallest absolute Gasteiger partial charge is 0.222 e. The number of rotatable bonds is 2. The molecule has 0 unspecified atom stereocenters. The fraction of sp³-hybridized carbons (Fsp3) is 0.679. The van der Waals surface area contributed by atoms with E-state index < -0.39 is 0 Å². The summed E-state index contributed by atoms with van der Waals surface area (Å²) in [5.41, 5.74) is 3.72. The van der Waals surface area contributed by atoms with Crippen molar-refractivity contribution in [1.82, 2.24) is 4.90 Å². The second kappa shape index (κ2) is 7.24. The Labute approximate surface area is 183 Å². The molecule has 1 aliphatic heterocycles. The van der Waals surface area contributed by atoms with Gasteiger partial charge in [0.15, 0.2) is 0 Å². The van der Waals surface area contributed by atoms with E-state index in [1.54, 1.807) is 5.57 Å². The number of allylic oxidation sites excluding steroid dienone is 1. The number of hydrogen-bond acceptors (Lipinski definition) is 1. The lowest BCUT2D eigenvalue weighted by Crippen LogP contribution is -2.61. The van der Waals surface area contributed by atoms with Crippen LogP contribution in [0.2, 0.25) is 0 Å². The van der Waals surface area contributed by atoms with Crippen molar-refractivity contribution in [3.05, 3.63) is 41.5 Å². The summed E-state index contributed by atoms with van der Waals surface area (Å²) >= 11 is 0. The molecular weight excluding hydrogens is 366 g/mol. The van der Waals surface area contributed by atoms with E-state index in [0.29, 0.717) is 22.8 Å². The number of fused-ring (bicyclic) bond motifs is 5. The summed E-state index contributed by atoms with van der Waals surface area (Å²) in [5, 5.41) is 0. The lowest BCUT2D eigenvalue weighted by atomic mass is 9.46. The molecule has 162 valence electrons. The maximum Gasteiger partial charge on any atom is 0.222 e. The van der Waals surface area contributed by atoms with Crippen LogP contribution in [0.4, 0.5) is 0 Å². The highest BCUT2D eigenvalue weighted by Crippen LogP contribution is 2.67. The fourth-order valence-electron chi connectivity index (χ4n) is 8.81. The molecule has 2 nitrogen and oxygen atoms in total. The van der Waals surface area contributed by atoms with Crippen molar-refractivity contribution in [3.8, 4) is 0 Å². The monoisotopic (exact) mass is 405 g/mol. The minimum atomic E-state index is 0.333. The first-order valence-electron chi connectivity index (χ1n) is 12.3. The first-order valence-corrected chi connectivity index (χ1v) is 12.3. The molecular formula is C28H39NO. The van der Waals surface area contributed by atoms with Crippen LogP contribution in [0.5, 0.6) is 0 Å². The van der Waals surface area contributed by atoms with Crippen LogP contribution in [-0.4, -0.2) is 23.9 Å². The van der Waals surface area contributed by atoms with Gasteiger partial charge in [0.25, 0.3) is 0 Å². The van der Waals surface area contributed by atoms with Crippen molar-refractivity contribution in [2.45, 2.75) is 78.2 Å². The number of benzene rings is 1. The summed E-state index contributed by atoms with van der Waals surface area (Å²) in [6.45, 7) is 7.54. The SMILES string of the molecule is CC(=Cc1ccccc1)[C@H]1CC[C@H]2[C@@H]3CC[C@H]4N(C)C(=O)CC[C@]4(C)[C@H]3CC[C@]12C. The summed E-state index contributed by atoms with van der Waals surface area (Å²) in [5.74, 6) is 3.63. The predicted octanol–water partition coefficient (Wildman–Crippen LogP) is 6.57. The van der Waals surface area contributed by atoms with Crippen LogP contribution in [0.3, 0.4) is 0 Å². The van der Waals surface area contributed by atoms with Gasteiger partial charge in [-0.1, -0.05) is 55.8 Å². The van der Waals surface area contributed by atoms with Crippen molar-refractivity contribution < 1.29 is 4.79 Å². The van der Waals surface area contributed by atoms with Gasteiger partial charge >= 0.3 is 0 Å². The van der Waals surface area contributed by atoms with Crippen LogP contribution >= 0.6 is 0 Å². The third-order valence-corrected chi connectivity index (χ3v) is 10.3. The van der Waals surface area contributed by atoms with E-state index in [2.05, 4.69) is 69.1 Å². The molecule has 0 aromatic heterocycles. The number of amides is 1. The summed E-state index contributed by atoms with van der Waals surface area (Å²) < 4.78 is 0. The fourth-order valence-corrected chi connectivity index (χ4v) is 8.81. The second-order valence-corrected chi connectivity index (χ2v) is 11.5. The zero-order valence-electron chi connectivity index (χ0n) is 19.4. The largest absolute Gasteiger partial charge is 0.342 e. The summed E-state index contributed by atoms with van der Waals surface area (Å²) in [7, 11) is 2.07. The van der Waals surface area contributed by atoms with Gasteiger partial charge in [0.05, 0.1) is 0 Å². The molecule has 3 saturated carbocycles. The number of likely N-dealkylation sites (tertiary alicyclic amines) is 1. The molecule has 4 aliphatic rings. The van der Waals surface area contributed by atoms with Crippen molar-refractivity contribution >= 4 is 12.0 Å². The number of carbonyl (C=O) groups is 1. The van der Waals surface area contributed by atoms with E-state index in [4.69, 9.17) is 0 Å². The van der Waals surface area contributed by atoms with Gasteiger partial charge in [0.1, 0.15) is 0 Å². The Hall–Kier alpha value is -1.57. The Kier molecular flexibility index (Phi) is 4.91. The molecule has 5 rings (SSSR count). The maximum absolute atomic E-state index is 12.4. The van der Waals surface area contributed by atoms with Gasteiger partial charge in [-0.15, -0.1) is 0 Å². The zero-order chi connectivity index (χ0) is 21.1. The lowest BCUT2D eigenvalue weighted by molar-refractivity contribution is -0.157. The van der Waals surface area contributed by atoms with Crippen LogP contribution < -0.4 is 0 Å². The highest BCUT2D eigenvalue weighted by atomic mass is 16.2. The minimum absolute atomic E-state index is 0.333. The number of nitrogens with zero attached hydrogens (tertiary/aromatic N) is 1. The average Bonchev–Trinajstić information content (AvgIpc) is 3.09. The standard InChI is InChI=1S/C28H39NO/c1-19(18-20-8-6-5-7-9-20)22-11-12-23-21-10-13-25-28(3,17-15-26(30)29(25)4)24(21)14-16-27(22,23)2/h5-9,18,21-25H,10-17H2,1-4H3/t21-,22+,23-,24-,25+,27+,28+/m0/s1. The normalized spacial score (nSPS) is 43.7. The number of hydrogen-bond donors (Lipinski definition) is 0. The van der Waals surface area contributed by atoms with Crippen LogP contribution in [0.1, 0.15) is 77.7 Å². The van der Waals surface area contributed by atoms with Gasteiger partial charge in [0, 0.05) is 19.5 Å². The molecule has 1 aromatic carbocycles. The van der Waals surface area contributed by atoms with Gasteiger partial charge in [0.2, 0.25) is 5.91 Å². The van der Waals surface area contributed by atoms with Gasteiger partial charge < -0.3 is 4.90 Å². The first kappa shape index (κ1) is 20.3. The minimum Gasteiger partial charge on any atom is -0.342 e. The summed E-state index contributed by atoms with van der Waals surface area (Å²) in [6.07, 6.45) is 12.4. The first-order chi connectivity index (χ1) is 14.3. The van der Waals surface area contributed by atoms with Crippen molar-refractivity contribution in [2.24, 2.45) is 34.5 Å². The number of carbonyl (C=O) groups excluding carboxylic acids is 1. The molecule has 0 radical (unpaired) electrons. The Bertz CT molecular complexity index is 843. The highest BCUT2D eigenvalue weighted by molar-refractivity contribution is 5.77. The third kappa shape index (κ3) is 2.93. The van der Waals surface area contributed by atoms with E-state index in [1.807, 2.05) is 0 Å². The third-order valence-electron chi connectivity index (χ3n) is 10.3. The predicted molar refractivity (Wildman–Crippen MR) is 124 cm³/mol. The zero-order valence-corrected chi connectivity index (χ0v) is 19.4. The van der Waals surface area contributed by atoms with Crippen LogP contribution in [0.15, 0.2) is 35.9 Å². The lowest BCUT2D eigenvalue weighted by Gasteiger charge is -2.62. The van der Waals surface area contributed by atoms with Gasteiger partial charge in [-0.05, 0) is 91.9 Å². The van der Waals surface area contributed by atoms with Crippen LogP contribution in [0, 0.1) is 34.5 Å². The van der Waals surface area contributed by atoms with Gasteiger partial charge in [-0.2, -0.15) is 0 Å². The van der Waals surface area contributed by atoms with Crippen LogP contribution in [0.25, 0.3) is 6.08 Å². The Balaban J connectivity index is 1.40. The van der Waals surface area contributed by atoms with E-state index in [0.717, 1.165) is 36.5 Å². The Morgan fingerprint density at radius 1 is 0.967 bits per heavy atom. The molecule has 1 heterocycles. The van der Waals surface area contributed by atoms with E-state index in [-0.39, 0.29) is 0 Å². The van der Waals surface area contributed by atoms with E-state index in [1.165, 1.54) is 44.1 Å². The highest BCUT2D eigenvalue weighted by Gasteiger charge is 2.61. The summed E-state index contributed by atoms with van der Waals surface area (Å²) in [6, 6.07) is 11.3. The van der Waals surface area contributed by atoms with Crippen molar-refractivity contribution in [2.75, 3.05) is 7.05 Å². The molecule has 1 saturated heterocycles. The average molecular weight is 406 g/mol. The molecule has 1 aromatic rings. The molecule has 0 spiro atoms. The molecule has 2 heteroatoms. The number of piperidine rings is 1. The van der Waals surface area contributed by atoms with Crippen LogP contribution in [-0.2, 0) is 4.79 Å². The van der Waals surface area contributed by atoms with Gasteiger partial charge in [-0.25, -0.2) is 0 Å². The molecule has 0 bridgehead atoms. The van der Waals surface area contributed by atoms with E-state index in [9.17, 15) is 4.79 Å². The molecule has 30 heavy (non-hydrogen) atoms. The topological polar surface area (TPSA) is 20.3 Å². The van der Waals surface area contributed by atoms with Crippen molar-refractivity contribution in [1.29, 1.82) is 0 Å². The van der Waals surface area contributed by atoms with E-state index >= 15 is 0 Å². The summed E-state index contributed by atoms with van der Waals surface area (Å²) in [4.78, 5) is 14.5. The molecule has 4 fully saturated rings.